The largest absolute Gasteiger partial charge is 0.349 e. The molecule has 0 saturated heterocycles. The average molecular weight is 347 g/mol. The molecule has 1 aromatic carbocycles. The summed E-state index contributed by atoms with van der Waals surface area (Å²) >= 11 is 0. The third-order valence-corrected chi connectivity index (χ3v) is 4.35. The zero-order valence-corrected chi connectivity index (χ0v) is 15.1. The summed E-state index contributed by atoms with van der Waals surface area (Å²) in [5.41, 5.74) is 4.68. The lowest BCUT2D eigenvalue weighted by Crippen LogP contribution is -2.14. The summed E-state index contributed by atoms with van der Waals surface area (Å²) < 4.78 is 2.19. The van der Waals surface area contributed by atoms with Crippen molar-refractivity contribution < 1.29 is 4.79 Å². The van der Waals surface area contributed by atoms with Gasteiger partial charge in [-0.15, -0.1) is 0 Å². The number of aromatic amines is 1. The molecule has 2 N–H and O–H groups in total. The molecule has 0 atom stereocenters. The van der Waals surface area contributed by atoms with Crippen molar-refractivity contribution in [1.82, 2.24) is 14.5 Å². The van der Waals surface area contributed by atoms with Crippen LogP contribution in [0.2, 0.25) is 0 Å². The van der Waals surface area contributed by atoms with Crippen molar-refractivity contribution in [3.63, 3.8) is 0 Å². The number of anilines is 1. The van der Waals surface area contributed by atoms with Crippen LogP contribution < -0.4 is 5.32 Å². The van der Waals surface area contributed by atoms with Gasteiger partial charge in [0, 0.05) is 17.9 Å². The van der Waals surface area contributed by atoms with Gasteiger partial charge in [-0.3, -0.25) is 10.1 Å². The van der Waals surface area contributed by atoms with Crippen LogP contribution in [-0.2, 0) is 11.3 Å². The van der Waals surface area contributed by atoms with Crippen molar-refractivity contribution in [3.05, 3.63) is 52.9 Å². The summed E-state index contributed by atoms with van der Waals surface area (Å²) in [5.74, 6) is -0.152. The summed E-state index contributed by atoms with van der Waals surface area (Å²) in [5, 5.41) is 12.1. The maximum Gasteiger partial charge on any atom is 0.268 e. The second-order valence-corrected chi connectivity index (χ2v) is 6.20. The van der Waals surface area contributed by atoms with Crippen LogP contribution in [0.1, 0.15) is 30.3 Å². The fourth-order valence-electron chi connectivity index (χ4n) is 3.03. The van der Waals surface area contributed by atoms with Gasteiger partial charge in [0.1, 0.15) is 11.6 Å². The number of hydrogen-bond acceptors (Lipinski definition) is 3. The van der Waals surface area contributed by atoms with E-state index in [-0.39, 0.29) is 5.57 Å². The number of benzene rings is 1. The molecular formula is C20H21N5O. The minimum absolute atomic E-state index is 0.0437. The zero-order chi connectivity index (χ0) is 18.7. The Morgan fingerprint density at radius 1 is 1.38 bits per heavy atom. The predicted octanol–water partition coefficient (Wildman–Crippen LogP) is 3.94. The molecule has 6 nitrogen and oxygen atoms in total. The number of aromatic nitrogens is 3. The molecule has 0 aliphatic heterocycles. The first-order chi connectivity index (χ1) is 12.5. The van der Waals surface area contributed by atoms with Gasteiger partial charge in [0.25, 0.3) is 5.91 Å². The molecule has 0 radical (unpaired) electrons. The molecule has 3 aromatic rings. The Labute approximate surface area is 152 Å². The first-order valence-corrected chi connectivity index (χ1v) is 8.58. The van der Waals surface area contributed by atoms with Crippen LogP contribution in [-0.4, -0.2) is 20.4 Å². The van der Waals surface area contributed by atoms with Crippen molar-refractivity contribution in [3.8, 4) is 6.07 Å². The van der Waals surface area contributed by atoms with Crippen LogP contribution in [0.25, 0.3) is 17.1 Å². The monoisotopic (exact) mass is 347 g/mol. The molecule has 0 fully saturated rings. The van der Waals surface area contributed by atoms with Crippen molar-refractivity contribution in [2.75, 3.05) is 5.32 Å². The number of hydrogen-bond donors (Lipinski definition) is 2. The smallest absolute Gasteiger partial charge is 0.268 e. The number of imidazole rings is 1. The molecular weight excluding hydrogens is 326 g/mol. The van der Waals surface area contributed by atoms with E-state index in [0.29, 0.717) is 5.95 Å². The summed E-state index contributed by atoms with van der Waals surface area (Å²) in [6.07, 6.45) is 2.66. The van der Waals surface area contributed by atoms with E-state index in [0.717, 1.165) is 41.0 Å². The van der Waals surface area contributed by atoms with Gasteiger partial charge in [0.2, 0.25) is 5.95 Å². The Balaban J connectivity index is 1.86. The molecule has 3 rings (SSSR count). The number of H-pyrrole nitrogens is 1. The van der Waals surface area contributed by atoms with Gasteiger partial charge < -0.3 is 9.55 Å². The number of amides is 1. The molecule has 0 spiro atoms. The Kier molecular flexibility index (Phi) is 4.90. The van der Waals surface area contributed by atoms with E-state index < -0.39 is 5.91 Å². The second-order valence-electron chi connectivity index (χ2n) is 6.20. The molecule has 0 aliphatic carbocycles. The lowest BCUT2D eigenvalue weighted by atomic mass is 10.1. The maximum atomic E-state index is 12.5. The molecule has 0 saturated carbocycles. The molecule has 132 valence electrons. The van der Waals surface area contributed by atoms with E-state index in [1.165, 1.54) is 0 Å². The first-order valence-electron chi connectivity index (χ1n) is 8.58. The summed E-state index contributed by atoms with van der Waals surface area (Å²) in [6.45, 7) is 7.07. The van der Waals surface area contributed by atoms with Crippen LogP contribution in [0.3, 0.4) is 0 Å². The number of aryl methyl sites for hydroxylation is 1. The molecule has 0 aliphatic rings. The van der Waals surface area contributed by atoms with E-state index in [1.807, 2.05) is 50.2 Å². The van der Waals surface area contributed by atoms with Crippen LogP contribution in [0, 0.1) is 25.2 Å². The van der Waals surface area contributed by atoms with Gasteiger partial charge in [-0.05, 0) is 50.1 Å². The number of nitriles is 1. The molecule has 2 heterocycles. The summed E-state index contributed by atoms with van der Waals surface area (Å²) in [6, 6.07) is 11.5. The second kappa shape index (κ2) is 7.28. The van der Waals surface area contributed by atoms with E-state index in [2.05, 4.69) is 26.8 Å². The molecule has 0 unspecified atom stereocenters. The topological polar surface area (TPSA) is 86.5 Å². The highest BCUT2D eigenvalue weighted by Gasteiger charge is 2.14. The number of fused-ring (bicyclic) bond motifs is 1. The van der Waals surface area contributed by atoms with Gasteiger partial charge in [-0.2, -0.15) is 5.26 Å². The number of nitrogens with zero attached hydrogens (tertiary/aromatic N) is 3. The first kappa shape index (κ1) is 17.5. The SMILES string of the molecule is CCCn1c(C)cc(C=C(C#N)C(=O)Nc2nc3ccccc3[nH]2)c1C. The molecule has 1 amide bonds. The van der Waals surface area contributed by atoms with Gasteiger partial charge >= 0.3 is 0 Å². The van der Waals surface area contributed by atoms with Crippen LogP contribution in [0.5, 0.6) is 0 Å². The normalized spacial score (nSPS) is 11.5. The molecule has 26 heavy (non-hydrogen) atoms. The van der Waals surface area contributed by atoms with E-state index in [4.69, 9.17) is 0 Å². The molecule has 0 bridgehead atoms. The number of rotatable bonds is 5. The maximum absolute atomic E-state index is 12.5. The fourth-order valence-corrected chi connectivity index (χ4v) is 3.03. The lowest BCUT2D eigenvalue weighted by molar-refractivity contribution is -0.112. The number of carbonyl (C=O) groups is 1. The third kappa shape index (κ3) is 3.38. The highest BCUT2D eigenvalue weighted by Crippen LogP contribution is 2.19. The van der Waals surface area contributed by atoms with Crippen molar-refractivity contribution in [2.24, 2.45) is 0 Å². The van der Waals surface area contributed by atoms with Gasteiger partial charge in [0.15, 0.2) is 0 Å². The lowest BCUT2D eigenvalue weighted by Gasteiger charge is -2.07. The van der Waals surface area contributed by atoms with Gasteiger partial charge in [-0.25, -0.2) is 4.98 Å². The minimum Gasteiger partial charge on any atom is -0.349 e. The van der Waals surface area contributed by atoms with E-state index in [9.17, 15) is 10.1 Å². The van der Waals surface area contributed by atoms with Crippen molar-refractivity contribution in [2.45, 2.75) is 33.7 Å². The van der Waals surface area contributed by atoms with Gasteiger partial charge in [0.05, 0.1) is 11.0 Å². The predicted molar refractivity (Wildman–Crippen MR) is 103 cm³/mol. The van der Waals surface area contributed by atoms with Crippen LogP contribution in [0.15, 0.2) is 35.9 Å². The Hall–Kier alpha value is -3.33. The molecule has 6 heteroatoms. The fraction of sp³-hybridized carbons (Fsp3) is 0.250. The zero-order valence-electron chi connectivity index (χ0n) is 15.1. The number of para-hydroxylation sites is 2. The molecule has 2 aromatic heterocycles. The number of carbonyl (C=O) groups excluding carboxylic acids is 1. The van der Waals surface area contributed by atoms with Gasteiger partial charge in [-0.1, -0.05) is 19.1 Å². The quantitative estimate of drug-likeness (QED) is 0.541. The Bertz CT molecular complexity index is 999. The van der Waals surface area contributed by atoms with Crippen molar-refractivity contribution in [1.29, 1.82) is 5.26 Å². The van der Waals surface area contributed by atoms with Crippen LogP contribution in [0.4, 0.5) is 5.95 Å². The van der Waals surface area contributed by atoms with E-state index in [1.54, 1.807) is 6.08 Å². The summed E-state index contributed by atoms with van der Waals surface area (Å²) in [7, 11) is 0. The highest BCUT2D eigenvalue weighted by molar-refractivity contribution is 6.09. The summed E-state index contributed by atoms with van der Waals surface area (Å²) in [4.78, 5) is 19.8. The standard InChI is InChI=1S/C20H21N5O/c1-4-9-25-13(2)10-15(14(25)3)11-16(12-21)19(26)24-20-22-17-7-5-6-8-18(17)23-20/h5-8,10-11H,4,9H2,1-3H3,(H2,22,23,24,26). The highest BCUT2D eigenvalue weighted by atomic mass is 16.1. The average Bonchev–Trinajstić information content (AvgIpc) is 3.14. The van der Waals surface area contributed by atoms with Crippen molar-refractivity contribution >= 4 is 29.0 Å². The minimum atomic E-state index is -0.480. The van der Waals surface area contributed by atoms with Crippen LogP contribution >= 0.6 is 0 Å². The van der Waals surface area contributed by atoms with E-state index >= 15 is 0 Å². The number of nitrogens with one attached hydrogen (secondary N) is 2. The Morgan fingerprint density at radius 2 is 2.15 bits per heavy atom. The Morgan fingerprint density at radius 3 is 2.85 bits per heavy atom. The third-order valence-electron chi connectivity index (χ3n) is 4.35.